The summed E-state index contributed by atoms with van der Waals surface area (Å²) in [6, 6.07) is 6.56. The van der Waals surface area contributed by atoms with Crippen molar-refractivity contribution < 1.29 is 4.74 Å². The fraction of sp³-hybridized carbons (Fsp3) is 0.571. The van der Waals surface area contributed by atoms with E-state index in [1.165, 1.54) is 31.2 Å². The van der Waals surface area contributed by atoms with Crippen molar-refractivity contribution in [3.8, 4) is 5.75 Å². The highest BCUT2D eigenvalue weighted by atomic mass is 35.5. The third kappa shape index (κ3) is 3.90. The molecule has 1 aromatic carbocycles. The average molecular weight is 254 g/mol. The number of nitrogens with one attached hydrogen (secondary N) is 1. The van der Waals surface area contributed by atoms with Crippen LogP contribution in [0.4, 0.5) is 0 Å². The molecule has 0 aliphatic heterocycles. The summed E-state index contributed by atoms with van der Waals surface area (Å²) in [6.07, 6.45) is 5.35. The smallest absolute Gasteiger partial charge is 0.138 e. The third-order valence-electron chi connectivity index (χ3n) is 3.23. The molecule has 1 fully saturated rings. The lowest BCUT2D eigenvalue weighted by Gasteiger charge is -2.13. The molecule has 0 amide bonds. The van der Waals surface area contributed by atoms with Crippen molar-refractivity contribution >= 4 is 11.6 Å². The van der Waals surface area contributed by atoms with Gasteiger partial charge in [0.2, 0.25) is 0 Å². The zero-order valence-corrected chi connectivity index (χ0v) is 11.1. The molecule has 94 valence electrons. The lowest BCUT2D eigenvalue weighted by Crippen LogP contribution is -2.30. The van der Waals surface area contributed by atoms with Gasteiger partial charge in [-0.25, -0.2) is 0 Å². The van der Waals surface area contributed by atoms with Crippen molar-refractivity contribution in [2.24, 2.45) is 0 Å². The highest BCUT2D eigenvalue weighted by Gasteiger charge is 2.13. The van der Waals surface area contributed by atoms with Crippen LogP contribution in [0.3, 0.4) is 0 Å². The van der Waals surface area contributed by atoms with Gasteiger partial charge < -0.3 is 10.1 Å². The highest BCUT2D eigenvalue weighted by Crippen LogP contribution is 2.25. The Bertz CT molecular complexity index is 361. The minimum atomic E-state index is 0.680. The molecule has 2 rings (SSSR count). The van der Waals surface area contributed by atoms with Gasteiger partial charge in [-0.2, -0.15) is 0 Å². The normalized spacial score (nSPS) is 16.4. The standard InChI is InChI=1S/C14H20ClNO/c1-11-6-7-13(15)14(10-11)17-9-8-16-12-4-2-3-5-12/h6-7,10,12,16H,2-5,8-9H2,1H3. The number of rotatable bonds is 5. The van der Waals surface area contributed by atoms with Crippen LogP contribution < -0.4 is 10.1 Å². The lowest BCUT2D eigenvalue weighted by atomic mass is 10.2. The van der Waals surface area contributed by atoms with Crippen molar-refractivity contribution in [3.63, 3.8) is 0 Å². The molecular weight excluding hydrogens is 234 g/mol. The molecule has 0 spiro atoms. The molecule has 1 aliphatic rings. The van der Waals surface area contributed by atoms with Crippen LogP contribution in [0.1, 0.15) is 31.2 Å². The lowest BCUT2D eigenvalue weighted by molar-refractivity contribution is 0.305. The molecule has 2 nitrogen and oxygen atoms in total. The SMILES string of the molecule is Cc1ccc(Cl)c(OCCNC2CCCC2)c1. The fourth-order valence-electron chi connectivity index (χ4n) is 2.28. The highest BCUT2D eigenvalue weighted by molar-refractivity contribution is 6.32. The number of aryl methyl sites for hydroxylation is 1. The molecule has 3 heteroatoms. The molecule has 17 heavy (non-hydrogen) atoms. The van der Waals surface area contributed by atoms with E-state index in [0.717, 1.165) is 12.3 Å². The maximum Gasteiger partial charge on any atom is 0.138 e. The van der Waals surface area contributed by atoms with Gasteiger partial charge in [-0.05, 0) is 37.5 Å². The third-order valence-corrected chi connectivity index (χ3v) is 3.55. The Morgan fingerprint density at radius 2 is 2.12 bits per heavy atom. The zero-order chi connectivity index (χ0) is 12.1. The molecule has 0 bridgehead atoms. The first kappa shape index (κ1) is 12.7. The molecule has 1 saturated carbocycles. The zero-order valence-electron chi connectivity index (χ0n) is 10.3. The van der Waals surface area contributed by atoms with Gasteiger partial charge in [-0.1, -0.05) is 30.5 Å². The summed E-state index contributed by atoms with van der Waals surface area (Å²) >= 11 is 6.06. The minimum absolute atomic E-state index is 0.680. The second kappa shape index (κ2) is 6.27. The van der Waals surface area contributed by atoms with Crippen LogP contribution in [0.5, 0.6) is 5.75 Å². The summed E-state index contributed by atoms with van der Waals surface area (Å²) in [4.78, 5) is 0. The van der Waals surface area contributed by atoms with E-state index in [-0.39, 0.29) is 0 Å². The van der Waals surface area contributed by atoms with Gasteiger partial charge in [-0.3, -0.25) is 0 Å². The molecule has 0 heterocycles. The predicted molar refractivity (Wildman–Crippen MR) is 71.9 cm³/mol. The van der Waals surface area contributed by atoms with Crippen LogP contribution in [0.25, 0.3) is 0 Å². The van der Waals surface area contributed by atoms with E-state index < -0.39 is 0 Å². The first-order valence-corrected chi connectivity index (χ1v) is 6.76. The predicted octanol–water partition coefficient (Wildman–Crippen LogP) is 3.56. The number of hydrogen-bond donors (Lipinski definition) is 1. The van der Waals surface area contributed by atoms with Crippen LogP contribution in [0.2, 0.25) is 5.02 Å². The minimum Gasteiger partial charge on any atom is -0.491 e. The van der Waals surface area contributed by atoms with Crippen LogP contribution in [-0.4, -0.2) is 19.2 Å². The molecule has 0 atom stereocenters. The molecular formula is C14H20ClNO. The maximum atomic E-state index is 6.06. The fourth-order valence-corrected chi connectivity index (χ4v) is 2.45. The largest absolute Gasteiger partial charge is 0.491 e. The topological polar surface area (TPSA) is 21.3 Å². The first-order chi connectivity index (χ1) is 8.25. The van der Waals surface area contributed by atoms with E-state index in [1.807, 2.05) is 25.1 Å². The van der Waals surface area contributed by atoms with Crippen LogP contribution in [0.15, 0.2) is 18.2 Å². The van der Waals surface area contributed by atoms with Crippen molar-refractivity contribution in [1.82, 2.24) is 5.32 Å². The van der Waals surface area contributed by atoms with Crippen LogP contribution in [0, 0.1) is 6.92 Å². The maximum absolute atomic E-state index is 6.06. The monoisotopic (exact) mass is 253 g/mol. The van der Waals surface area contributed by atoms with Gasteiger partial charge in [0.05, 0.1) is 5.02 Å². The molecule has 0 aromatic heterocycles. The number of ether oxygens (including phenoxy) is 1. The molecule has 0 radical (unpaired) electrons. The van der Waals surface area contributed by atoms with Crippen molar-refractivity contribution in [3.05, 3.63) is 28.8 Å². The number of halogens is 1. The summed E-state index contributed by atoms with van der Waals surface area (Å²) in [5.41, 5.74) is 1.17. The van der Waals surface area contributed by atoms with Gasteiger partial charge >= 0.3 is 0 Å². The summed E-state index contributed by atoms with van der Waals surface area (Å²) in [5.74, 6) is 0.792. The Kier molecular flexibility index (Phi) is 4.69. The Morgan fingerprint density at radius 3 is 2.88 bits per heavy atom. The van der Waals surface area contributed by atoms with E-state index in [1.54, 1.807) is 0 Å². The van der Waals surface area contributed by atoms with Crippen molar-refractivity contribution in [2.75, 3.05) is 13.2 Å². The number of hydrogen-bond acceptors (Lipinski definition) is 2. The van der Waals surface area contributed by atoms with E-state index in [2.05, 4.69) is 5.32 Å². The summed E-state index contributed by atoms with van der Waals surface area (Å²) < 4.78 is 5.68. The summed E-state index contributed by atoms with van der Waals surface area (Å²) in [7, 11) is 0. The average Bonchev–Trinajstić information content (AvgIpc) is 2.82. The van der Waals surface area contributed by atoms with E-state index in [0.29, 0.717) is 17.7 Å². The van der Waals surface area contributed by atoms with Crippen molar-refractivity contribution in [1.29, 1.82) is 0 Å². The van der Waals surface area contributed by atoms with Gasteiger partial charge in [-0.15, -0.1) is 0 Å². The first-order valence-electron chi connectivity index (χ1n) is 6.38. The Balaban J connectivity index is 1.72. The molecule has 1 aliphatic carbocycles. The van der Waals surface area contributed by atoms with Gasteiger partial charge in [0.1, 0.15) is 12.4 Å². The molecule has 0 saturated heterocycles. The Morgan fingerprint density at radius 1 is 1.35 bits per heavy atom. The Hall–Kier alpha value is -0.730. The van der Waals surface area contributed by atoms with E-state index >= 15 is 0 Å². The van der Waals surface area contributed by atoms with Gasteiger partial charge in [0.15, 0.2) is 0 Å². The second-order valence-corrected chi connectivity index (χ2v) is 5.13. The summed E-state index contributed by atoms with van der Waals surface area (Å²) in [6.45, 7) is 3.62. The van der Waals surface area contributed by atoms with Gasteiger partial charge in [0.25, 0.3) is 0 Å². The number of benzene rings is 1. The quantitative estimate of drug-likeness (QED) is 0.811. The molecule has 1 aromatic rings. The van der Waals surface area contributed by atoms with Crippen LogP contribution >= 0.6 is 11.6 Å². The van der Waals surface area contributed by atoms with Crippen molar-refractivity contribution in [2.45, 2.75) is 38.6 Å². The molecule has 1 N–H and O–H groups in total. The van der Waals surface area contributed by atoms with E-state index in [4.69, 9.17) is 16.3 Å². The van der Waals surface area contributed by atoms with Crippen LogP contribution in [-0.2, 0) is 0 Å². The Labute approximate surface area is 108 Å². The van der Waals surface area contributed by atoms with Gasteiger partial charge in [0, 0.05) is 12.6 Å². The second-order valence-electron chi connectivity index (χ2n) is 4.72. The summed E-state index contributed by atoms with van der Waals surface area (Å²) in [5, 5.41) is 4.21. The molecule has 0 unspecified atom stereocenters. The van der Waals surface area contributed by atoms with E-state index in [9.17, 15) is 0 Å².